The summed E-state index contributed by atoms with van der Waals surface area (Å²) < 4.78 is 5.78. The van der Waals surface area contributed by atoms with E-state index in [0.717, 1.165) is 64.6 Å². The van der Waals surface area contributed by atoms with E-state index in [9.17, 15) is 4.79 Å². The molecule has 3 rings (SSSR count). The van der Waals surface area contributed by atoms with Crippen LogP contribution in [0.25, 0.3) is 0 Å². The Kier molecular flexibility index (Phi) is 6.53. The van der Waals surface area contributed by atoms with Gasteiger partial charge in [0.25, 0.3) is 0 Å². The molecule has 2 aliphatic heterocycles. The molecule has 0 spiro atoms. The van der Waals surface area contributed by atoms with E-state index in [1.165, 1.54) is 12.8 Å². The van der Waals surface area contributed by atoms with Crippen molar-refractivity contribution in [3.63, 3.8) is 0 Å². The van der Waals surface area contributed by atoms with Crippen LogP contribution in [-0.4, -0.2) is 87.2 Å². The van der Waals surface area contributed by atoms with Crippen LogP contribution in [0.1, 0.15) is 32.1 Å². The van der Waals surface area contributed by atoms with Gasteiger partial charge in [-0.3, -0.25) is 9.79 Å². The Bertz CT molecular complexity index is 478. The predicted octanol–water partition coefficient (Wildman–Crippen LogP) is 0.273. The predicted molar refractivity (Wildman–Crippen MR) is 98.7 cm³/mol. The summed E-state index contributed by atoms with van der Waals surface area (Å²) in [5.41, 5.74) is 0. The molecule has 0 aromatic carbocycles. The Morgan fingerprint density at radius 3 is 2.72 bits per heavy atom. The summed E-state index contributed by atoms with van der Waals surface area (Å²) in [6.07, 6.45) is 5.75. The molecule has 3 fully saturated rings. The zero-order chi connectivity index (χ0) is 17.6. The van der Waals surface area contributed by atoms with E-state index in [1.54, 1.807) is 7.05 Å². The number of guanidine groups is 1. The average molecular weight is 351 g/mol. The van der Waals surface area contributed by atoms with Crippen molar-refractivity contribution in [2.75, 3.05) is 53.4 Å². The van der Waals surface area contributed by atoms with Gasteiger partial charge in [0.1, 0.15) is 0 Å². The molecular weight excluding hydrogens is 318 g/mol. The van der Waals surface area contributed by atoms with Crippen LogP contribution < -0.4 is 10.6 Å². The second-order valence-corrected chi connectivity index (χ2v) is 7.60. The number of hydrogen-bond donors (Lipinski definition) is 2. The summed E-state index contributed by atoms with van der Waals surface area (Å²) in [5, 5.41) is 6.84. The van der Waals surface area contributed by atoms with Crippen LogP contribution in [-0.2, 0) is 9.53 Å². The molecule has 0 radical (unpaired) electrons. The van der Waals surface area contributed by atoms with Gasteiger partial charge < -0.3 is 25.2 Å². The van der Waals surface area contributed by atoms with E-state index in [0.29, 0.717) is 5.91 Å². The Morgan fingerprint density at radius 2 is 2.00 bits per heavy atom. The molecule has 0 aromatic heterocycles. The van der Waals surface area contributed by atoms with Gasteiger partial charge in [0.05, 0.1) is 12.7 Å². The highest BCUT2D eigenvalue weighted by atomic mass is 16.5. The smallest absolute Gasteiger partial charge is 0.225 e. The van der Waals surface area contributed by atoms with Crippen LogP contribution in [0.5, 0.6) is 0 Å². The van der Waals surface area contributed by atoms with Crippen LogP contribution in [0.4, 0.5) is 0 Å². The molecule has 2 saturated heterocycles. The number of hydrogen-bond acceptors (Lipinski definition) is 4. The summed E-state index contributed by atoms with van der Waals surface area (Å²) in [6, 6.07) is 0.284. The fraction of sp³-hybridized carbons (Fsp3) is 0.889. The van der Waals surface area contributed by atoms with Crippen LogP contribution in [0, 0.1) is 5.92 Å². The number of aliphatic imine (C=N–C) groups is 1. The molecule has 1 amide bonds. The van der Waals surface area contributed by atoms with Crippen molar-refractivity contribution in [2.45, 2.75) is 44.2 Å². The first-order valence-corrected chi connectivity index (χ1v) is 9.72. The molecule has 2 N–H and O–H groups in total. The monoisotopic (exact) mass is 351 g/mol. The minimum atomic E-state index is 0.196. The number of rotatable bonds is 4. The summed E-state index contributed by atoms with van der Waals surface area (Å²) >= 11 is 0. The molecule has 2 unspecified atom stereocenters. The third-order valence-corrected chi connectivity index (χ3v) is 5.61. The van der Waals surface area contributed by atoms with Gasteiger partial charge in [-0.1, -0.05) is 12.8 Å². The van der Waals surface area contributed by atoms with E-state index in [2.05, 4.69) is 27.6 Å². The van der Waals surface area contributed by atoms with Crippen LogP contribution in [0.15, 0.2) is 4.99 Å². The maximum atomic E-state index is 12.5. The molecule has 142 valence electrons. The second kappa shape index (κ2) is 8.85. The van der Waals surface area contributed by atoms with E-state index in [1.807, 2.05) is 4.90 Å². The minimum Gasteiger partial charge on any atom is -0.374 e. The Hall–Kier alpha value is -1.34. The summed E-state index contributed by atoms with van der Waals surface area (Å²) in [7, 11) is 3.91. The van der Waals surface area contributed by atoms with Gasteiger partial charge in [0.15, 0.2) is 5.96 Å². The molecule has 0 bridgehead atoms. The molecule has 25 heavy (non-hydrogen) atoms. The average Bonchev–Trinajstić information content (AvgIpc) is 3.30. The number of likely N-dealkylation sites (tertiary alicyclic amines) is 1. The minimum absolute atomic E-state index is 0.196. The lowest BCUT2D eigenvalue weighted by atomic mass is 10.1. The molecular formula is C18H33N5O2. The fourth-order valence-electron chi connectivity index (χ4n) is 4.10. The first-order chi connectivity index (χ1) is 12.2. The van der Waals surface area contributed by atoms with Gasteiger partial charge in [-0.25, -0.2) is 0 Å². The molecule has 7 heteroatoms. The van der Waals surface area contributed by atoms with E-state index < -0.39 is 0 Å². The van der Waals surface area contributed by atoms with Crippen LogP contribution in [0.3, 0.4) is 0 Å². The second-order valence-electron chi connectivity index (χ2n) is 7.60. The van der Waals surface area contributed by atoms with Gasteiger partial charge >= 0.3 is 0 Å². The first-order valence-electron chi connectivity index (χ1n) is 9.72. The zero-order valence-electron chi connectivity index (χ0n) is 15.7. The van der Waals surface area contributed by atoms with Crippen LogP contribution >= 0.6 is 0 Å². The number of carbonyl (C=O) groups is 1. The molecule has 7 nitrogen and oxygen atoms in total. The lowest BCUT2D eigenvalue weighted by Crippen LogP contribution is -2.50. The summed E-state index contributed by atoms with van der Waals surface area (Å²) in [6.45, 7) is 5.13. The zero-order valence-corrected chi connectivity index (χ0v) is 15.7. The fourth-order valence-corrected chi connectivity index (χ4v) is 4.10. The van der Waals surface area contributed by atoms with Crippen molar-refractivity contribution in [3.05, 3.63) is 0 Å². The molecule has 3 aliphatic rings. The number of ether oxygens (including phenoxy) is 1. The van der Waals surface area contributed by atoms with Crippen molar-refractivity contribution in [2.24, 2.45) is 10.9 Å². The Labute approximate surface area is 151 Å². The van der Waals surface area contributed by atoms with Gasteiger partial charge in [0.2, 0.25) is 5.91 Å². The summed E-state index contributed by atoms with van der Waals surface area (Å²) in [5.74, 6) is 1.44. The molecule has 2 atom stereocenters. The van der Waals surface area contributed by atoms with Gasteiger partial charge in [-0.15, -0.1) is 0 Å². The van der Waals surface area contributed by atoms with Crippen LogP contribution in [0.2, 0.25) is 0 Å². The third kappa shape index (κ3) is 5.07. The first kappa shape index (κ1) is 18.5. The maximum absolute atomic E-state index is 12.5. The van der Waals surface area contributed by atoms with Crippen molar-refractivity contribution in [1.29, 1.82) is 0 Å². The third-order valence-electron chi connectivity index (χ3n) is 5.61. The number of nitrogens with one attached hydrogen (secondary N) is 2. The summed E-state index contributed by atoms with van der Waals surface area (Å²) in [4.78, 5) is 21.2. The van der Waals surface area contributed by atoms with Gasteiger partial charge in [-0.2, -0.15) is 0 Å². The Balaban J connectivity index is 1.41. The largest absolute Gasteiger partial charge is 0.374 e. The molecule has 1 aliphatic carbocycles. The highest BCUT2D eigenvalue weighted by Gasteiger charge is 2.32. The van der Waals surface area contributed by atoms with E-state index >= 15 is 0 Å². The molecule has 2 heterocycles. The van der Waals surface area contributed by atoms with E-state index in [4.69, 9.17) is 4.74 Å². The lowest BCUT2D eigenvalue weighted by Gasteiger charge is -2.30. The van der Waals surface area contributed by atoms with Crippen molar-refractivity contribution < 1.29 is 9.53 Å². The topological polar surface area (TPSA) is 69.2 Å². The number of likely N-dealkylation sites (N-methyl/N-ethyl adjacent to an activating group) is 1. The number of carbonyl (C=O) groups excluding carboxylic acids is 1. The lowest BCUT2D eigenvalue weighted by molar-refractivity contribution is -0.134. The number of nitrogens with zero attached hydrogens (tertiary/aromatic N) is 3. The van der Waals surface area contributed by atoms with Gasteiger partial charge in [-0.05, 0) is 26.3 Å². The van der Waals surface area contributed by atoms with Gasteiger partial charge in [0, 0.05) is 51.7 Å². The number of morpholine rings is 1. The normalized spacial score (nSPS) is 29.2. The van der Waals surface area contributed by atoms with Crippen molar-refractivity contribution in [1.82, 2.24) is 20.4 Å². The number of amides is 1. The highest BCUT2D eigenvalue weighted by molar-refractivity contribution is 5.81. The quantitative estimate of drug-likeness (QED) is 0.562. The van der Waals surface area contributed by atoms with Crippen molar-refractivity contribution >= 4 is 11.9 Å². The highest BCUT2D eigenvalue weighted by Crippen LogP contribution is 2.27. The standard InChI is InChI=1S/C18H33N5O2/c1-19-18(20-11-16-13-22(2)9-10-25-16)21-15-7-8-23(12-15)17(24)14-5-3-4-6-14/h14-16H,3-13H2,1-2H3,(H2,19,20,21). The molecule has 1 saturated carbocycles. The van der Waals surface area contributed by atoms with E-state index in [-0.39, 0.29) is 18.1 Å². The SMILES string of the molecule is CN=C(NCC1CN(C)CCO1)NC1CCN(C(=O)C2CCCC2)C1. The maximum Gasteiger partial charge on any atom is 0.225 e. The molecule has 0 aromatic rings. The van der Waals surface area contributed by atoms with Crippen molar-refractivity contribution in [3.8, 4) is 0 Å². The Morgan fingerprint density at radius 1 is 1.20 bits per heavy atom.